The summed E-state index contributed by atoms with van der Waals surface area (Å²) in [7, 11) is 0. The molecular weight excluding hydrogens is 206 g/mol. The Morgan fingerprint density at radius 2 is 2.06 bits per heavy atom. The van der Waals surface area contributed by atoms with Crippen LogP contribution >= 0.6 is 0 Å². The van der Waals surface area contributed by atoms with Gasteiger partial charge in [-0.2, -0.15) is 0 Å². The van der Waals surface area contributed by atoms with Crippen molar-refractivity contribution in [1.29, 1.82) is 0 Å². The zero-order valence-electron chi connectivity index (χ0n) is 11.8. The van der Waals surface area contributed by atoms with Gasteiger partial charge in [-0.25, -0.2) is 0 Å². The van der Waals surface area contributed by atoms with Crippen LogP contribution in [0, 0.1) is 5.92 Å². The van der Waals surface area contributed by atoms with Crippen molar-refractivity contribution in [1.82, 2.24) is 5.32 Å². The van der Waals surface area contributed by atoms with Crippen molar-refractivity contribution >= 4 is 0 Å². The van der Waals surface area contributed by atoms with Crippen LogP contribution in [0.4, 0.5) is 0 Å². The first kappa shape index (κ1) is 14.2. The van der Waals surface area contributed by atoms with Crippen LogP contribution in [0.3, 0.4) is 0 Å². The molecule has 1 aromatic carbocycles. The highest BCUT2D eigenvalue weighted by molar-refractivity contribution is 5.27. The van der Waals surface area contributed by atoms with Crippen molar-refractivity contribution < 1.29 is 0 Å². The number of nitrogens with one attached hydrogen (secondary N) is 1. The van der Waals surface area contributed by atoms with E-state index in [2.05, 4.69) is 43.4 Å². The van der Waals surface area contributed by atoms with Crippen molar-refractivity contribution in [2.75, 3.05) is 13.1 Å². The van der Waals surface area contributed by atoms with E-state index in [0.717, 1.165) is 18.3 Å². The van der Waals surface area contributed by atoms with Crippen molar-refractivity contribution in [2.24, 2.45) is 5.92 Å². The summed E-state index contributed by atoms with van der Waals surface area (Å²) in [5, 5.41) is 3.46. The first-order valence-corrected chi connectivity index (χ1v) is 7.10. The normalized spacial score (nSPS) is 23.8. The predicted octanol–water partition coefficient (Wildman–Crippen LogP) is 3.99. The molecule has 96 valence electrons. The molecule has 2 rings (SSSR count). The SMILES string of the molecule is CC.CCc1cccc(C2CCNCC2C)c1. The summed E-state index contributed by atoms with van der Waals surface area (Å²) in [5.74, 6) is 1.53. The molecule has 1 aromatic rings. The molecule has 0 spiro atoms. The monoisotopic (exact) mass is 233 g/mol. The van der Waals surface area contributed by atoms with E-state index < -0.39 is 0 Å². The Bertz CT molecular complexity index is 319. The van der Waals surface area contributed by atoms with Gasteiger partial charge in [0.05, 0.1) is 0 Å². The van der Waals surface area contributed by atoms with Gasteiger partial charge < -0.3 is 5.32 Å². The lowest BCUT2D eigenvalue weighted by Gasteiger charge is -2.30. The van der Waals surface area contributed by atoms with Crippen LogP contribution in [0.1, 0.15) is 51.2 Å². The Balaban J connectivity index is 0.000000686. The van der Waals surface area contributed by atoms with Gasteiger partial charge >= 0.3 is 0 Å². The van der Waals surface area contributed by atoms with E-state index in [0.29, 0.717) is 0 Å². The molecule has 0 bridgehead atoms. The minimum absolute atomic E-state index is 0.762. The molecule has 1 N–H and O–H groups in total. The van der Waals surface area contributed by atoms with E-state index >= 15 is 0 Å². The van der Waals surface area contributed by atoms with Crippen molar-refractivity contribution in [3.8, 4) is 0 Å². The maximum absolute atomic E-state index is 3.46. The smallest absolute Gasteiger partial charge is 0.00173 e. The van der Waals surface area contributed by atoms with Crippen LogP contribution in [0.2, 0.25) is 0 Å². The van der Waals surface area contributed by atoms with Gasteiger partial charge in [0.25, 0.3) is 0 Å². The van der Waals surface area contributed by atoms with Crippen molar-refractivity contribution in [3.05, 3.63) is 35.4 Å². The molecule has 0 amide bonds. The van der Waals surface area contributed by atoms with E-state index in [4.69, 9.17) is 0 Å². The molecule has 0 radical (unpaired) electrons. The van der Waals surface area contributed by atoms with Gasteiger partial charge in [-0.3, -0.25) is 0 Å². The number of benzene rings is 1. The third-order valence-corrected chi connectivity index (χ3v) is 3.57. The van der Waals surface area contributed by atoms with Gasteiger partial charge in [-0.05, 0) is 48.9 Å². The fraction of sp³-hybridized carbons (Fsp3) is 0.625. The van der Waals surface area contributed by atoms with E-state index in [1.807, 2.05) is 13.8 Å². The zero-order chi connectivity index (χ0) is 12.7. The first-order valence-electron chi connectivity index (χ1n) is 7.10. The maximum atomic E-state index is 3.46. The van der Waals surface area contributed by atoms with E-state index in [-0.39, 0.29) is 0 Å². The quantitative estimate of drug-likeness (QED) is 0.814. The van der Waals surface area contributed by atoms with Crippen LogP contribution < -0.4 is 5.32 Å². The summed E-state index contributed by atoms with van der Waals surface area (Å²) >= 11 is 0. The molecule has 2 unspecified atom stereocenters. The van der Waals surface area contributed by atoms with Crippen molar-refractivity contribution in [3.63, 3.8) is 0 Å². The van der Waals surface area contributed by atoms with Crippen LogP contribution in [0.25, 0.3) is 0 Å². The van der Waals surface area contributed by atoms with Gasteiger partial charge in [0.15, 0.2) is 0 Å². The van der Waals surface area contributed by atoms with E-state index in [1.165, 1.54) is 25.1 Å². The topological polar surface area (TPSA) is 12.0 Å². The molecule has 0 saturated carbocycles. The van der Waals surface area contributed by atoms with Gasteiger partial charge in [0.2, 0.25) is 0 Å². The molecule has 1 heteroatoms. The van der Waals surface area contributed by atoms with E-state index in [1.54, 1.807) is 5.56 Å². The summed E-state index contributed by atoms with van der Waals surface area (Å²) in [6.07, 6.45) is 2.43. The second kappa shape index (κ2) is 7.50. The summed E-state index contributed by atoms with van der Waals surface area (Å²) in [4.78, 5) is 0. The predicted molar refractivity (Wildman–Crippen MR) is 76.6 cm³/mol. The average molecular weight is 233 g/mol. The lowest BCUT2D eigenvalue weighted by Crippen LogP contribution is -2.33. The highest BCUT2D eigenvalue weighted by Crippen LogP contribution is 2.30. The Labute approximate surface area is 107 Å². The van der Waals surface area contributed by atoms with Gasteiger partial charge in [-0.15, -0.1) is 0 Å². The number of piperidine rings is 1. The van der Waals surface area contributed by atoms with Crippen LogP contribution in [-0.4, -0.2) is 13.1 Å². The fourth-order valence-electron chi connectivity index (χ4n) is 2.55. The summed E-state index contributed by atoms with van der Waals surface area (Å²) in [6, 6.07) is 9.14. The molecule has 1 nitrogen and oxygen atoms in total. The molecule has 2 atom stereocenters. The molecule has 1 aliphatic rings. The van der Waals surface area contributed by atoms with Gasteiger partial charge in [0.1, 0.15) is 0 Å². The molecular formula is C16H27N. The van der Waals surface area contributed by atoms with Crippen LogP contribution in [-0.2, 0) is 6.42 Å². The molecule has 0 aromatic heterocycles. The van der Waals surface area contributed by atoms with E-state index in [9.17, 15) is 0 Å². The first-order chi connectivity index (χ1) is 8.31. The number of rotatable bonds is 2. The lowest BCUT2D eigenvalue weighted by molar-refractivity contribution is 0.349. The highest BCUT2D eigenvalue weighted by atomic mass is 14.9. The third-order valence-electron chi connectivity index (χ3n) is 3.57. The Kier molecular flexibility index (Phi) is 6.28. The molecule has 1 aliphatic heterocycles. The Morgan fingerprint density at radius 3 is 2.71 bits per heavy atom. The Hall–Kier alpha value is -0.820. The minimum Gasteiger partial charge on any atom is -0.316 e. The van der Waals surface area contributed by atoms with Gasteiger partial charge in [0, 0.05) is 0 Å². The largest absolute Gasteiger partial charge is 0.316 e. The molecule has 0 aliphatic carbocycles. The molecule has 1 fully saturated rings. The summed E-state index contributed by atoms with van der Waals surface area (Å²) < 4.78 is 0. The second-order valence-electron chi connectivity index (χ2n) is 4.68. The Morgan fingerprint density at radius 1 is 1.29 bits per heavy atom. The number of hydrogen-bond donors (Lipinski definition) is 1. The standard InChI is InChI=1S/C14H21N.C2H6/c1-3-12-5-4-6-13(9-12)14-7-8-15-10-11(14)2;1-2/h4-6,9,11,14-15H,3,7-8,10H2,1-2H3;1-2H3. The summed E-state index contributed by atoms with van der Waals surface area (Å²) in [5.41, 5.74) is 3.02. The third kappa shape index (κ3) is 3.85. The number of aryl methyl sites for hydroxylation is 1. The molecule has 17 heavy (non-hydrogen) atoms. The second-order valence-corrected chi connectivity index (χ2v) is 4.68. The highest BCUT2D eigenvalue weighted by Gasteiger charge is 2.22. The fourth-order valence-corrected chi connectivity index (χ4v) is 2.55. The molecule has 1 saturated heterocycles. The van der Waals surface area contributed by atoms with Crippen LogP contribution in [0.15, 0.2) is 24.3 Å². The minimum atomic E-state index is 0.762. The lowest BCUT2D eigenvalue weighted by atomic mass is 9.82. The number of hydrogen-bond acceptors (Lipinski definition) is 1. The van der Waals surface area contributed by atoms with Gasteiger partial charge in [-0.1, -0.05) is 52.0 Å². The average Bonchev–Trinajstić information content (AvgIpc) is 2.42. The maximum Gasteiger partial charge on any atom is -0.00173 e. The zero-order valence-corrected chi connectivity index (χ0v) is 11.8. The molecule has 1 heterocycles. The summed E-state index contributed by atoms with van der Waals surface area (Å²) in [6.45, 7) is 10.9. The van der Waals surface area contributed by atoms with Crippen LogP contribution in [0.5, 0.6) is 0 Å². The van der Waals surface area contributed by atoms with Crippen molar-refractivity contribution in [2.45, 2.75) is 46.5 Å².